The number of nitrogens with zero attached hydrogens (tertiary/aromatic N) is 3. The second-order valence-electron chi connectivity index (χ2n) is 9.91. The van der Waals surface area contributed by atoms with Gasteiger partial charge in [-0.25, -0.2) is 18.8 Å². The number of fused-ring (bicyclic) bond motifs is 1. The van der Waals surface area contributed by atoms with Crippen LogP contribution in [0.4, 0.5) is 0 Å². The number of primary amides is 1. The first-order chi connectivity index (χ1) is 20.7. The number of aromatic amines is 1. The van der Waals surface area contributed by atoms with Gasteiger partial charge in [-0.3, -0.25) is 28.1 Å². The normalized spacial score (nSPS) is 35.0. The first kappa shape index (κ1) is 32.7. The van der Waals surface area contributed by atoms with Crippen molar-refractivity contribution in [2.75, 3.05) is 19.8 Å². The standard InChI is InChI=1S/C21H28N6O15P2/c22-17(32)9-2-1-3-26(4-9)20-15(30)13(28)10(40-20)5-38-43(34,35)42-44(36,37)39-6-11-14(29)16(31)21(41-11)27-8-25-12-18(27)23-7-24-19(12)33/h1-2,4,7-8,10-11,13-16,20-21,28-31H,3,5-6H2,(H2,22,32)(H,34,35)(H,36,37)(H,23,24,33). The molecule has 0 saturated carbocycles. The van der Waals surface area contributed by atoms with E-state index in [1.165, 1.54) is 12.3 Å². The van der Waals surface area contributed by atoms with E-state index >= 15 is 0 Å². The van der Waals surface area contributed by atoms with Crippen molar-refractivity contribution >= 4 is 32.7 Å². The molecule has 2 aromatic heterocycles. The number of ether oxygens (including phenoxy) is 2. The van der Waals surface area contributed by atoms with Crippen molar-refractivity contribution in [3.05, 3.63) is 46.9 Å². The van der Waals surface area contributed by atoms with Gasteiger partial charge in [-0.1, -0.05) is 0 Å². The number of rotatable bonds is 11. The van der Waals surface area contributed by atoms with Crippen molar-refractivity contribution in [3.8, 4) is 0 Å². The molecule has 9 N–H and O–H groups in total. The van der Waals surface area contributed by atoms with Crippen molar-refractivity contribution in [2.45, 2.75) is 49.1 Å². The SMILES string of the molecule is NC(=O)C1=C[NH+](C2OC(COP(=O)([O-])OP(=O)(O)OCC3OC(n4cnc5c(=O)[nH]cnc54)C(O)C3O)C(O)C2O)CC=C1. The Morgan fingerprint density at radius 3 is 2.52 bits per heavy atom. The molecule has 11 atom stereocenters. The van der Waals surface area contributed by atoms with Crippen LogP contribution >= 0.6 is 15.6 Å². The first-order valence-corrected chi connectivity index (χ1v) is 15.7. The predicted molar refractivity (Wildman–Crippen MR) is 137 cm³/mol. The first-order valence-electron chi connectivity index (χ1n) is 12.8. The van der Waals surface area contributed by atoms with Crippen LogP contribution in [0.3, 0.4) is 0 Å². The van der Waals surface area contributed by atoms with Gasteiger partial charge >= 0.3 is 7.82 Å². The highest BCUT2D eigenvalue weighted by molar-refractivity contribution is 7.60. The minimum Gasteiger partial charge on any atom is -0.756 e. The highest BCUT2D eigenvalue weighted by Gasteiger charge is 2.49. The number of aromatic nitrogens is 4. The number of H-pyrrole nitrogens is 1. The fourth-order valence-corrected chi connectivity index (χ4v) is 6.88. The van der Waals surface area contributed by atoms with Gasteiger partial charge in [0.25, 0.3) is 19.3 Å². The summed E-state index contributed by atoms with van der Waals surface area (Å²) in [5.74, 6) is -0.738. The van der Waals surface area contributed by atoms with E-state index in [2.05, 4.69) is 28.3 Å². The molecule has 3 aliphatic rings. The van der Waals surface area contributed by atoms with Gasteiger partial charge in [0.1, 0.15) is 43.3 Å². The summed E-state index contributed by atoms with van der Waals surface area (Å²) in [5, 5.41) is 41.6. The number of nitrogens with one attached hydrogen (secondary N) is 2. The number of aliphatic hydroxyl groups excluding tert-OH is 4. The van der Waals surface area contributed by atoms with E-state index in [1.54, 1.807) is 6.08 Å². The molecule has 44 heavy (non-hydrogen) atoms. The lowest BCUT2D eigenvalue weighted by atomic mass is 10.1. The van der Waals surface area contributed by atoms with E-state index in [0.29, 0.717) is 4.90 Å². The number of aliphatic hydroxyl groups is 4. The largest absolute Gasteiger partial charge is 0.756 e. The number of nitrogens with two attached hydrogens (primary N) is 1. The molecule has 0 bridgehead atoms. The van der Waals surface area contributed by atoms with Crippen molar-refractivity contribution in [1.29, 1.82) is 0 Å². The predicted octanol–water partition coefficient (Wildman–Crippen LogP) is -5.37. The molecule has 0 aliphatic carbocycles. The zero-order valence-electron chi connectivity index (χ0n) is 22.3. The summed E-state index contributed by atoms with van der Waals surface area (Å²) >= 11 is 0. The lowest BCUT2D eigenvalue weighted by molar-refractivity contribution is -0.897. The van der Waals surface area contributed by atoms with E-state index in [0.717, 1.165) is 17.2 Å². The van der Waals surface area contributed by atoms with Gasteiger partial charge in [0.05, 0.1) is 31.4 Å². The molecule has 0 aromatic carbocycles. The maximum absolute atomic E-state index is 12.4. The molecule has 11 unspecified atom stereocenters. The summed E-state index contributed by atoms with van der Waals surface area (Å²) in [6.45, 7) is -1.66. The van der Waals surface area contributed by atoms with Crippen LogP contribution in [0.1, 0.15) is 6.23 Å². The second-order valence-corrected chi connectivity index (χ2v) is 12.9. The van der Waals surface area contributed by atoms with Crippen LogP contribution in [-0.4, -0.2) is 113 Å². The third-order valence-electron chi connectivity index (χ3n) is 6.98. The Morgan fingerprint density at radius 2 is 1.80 bits per heavy atom. The van der Waals surface area contributed by atoms with Gasteiger partial charge in [0.15, 0.2) is 23.5 Å². The summed E-state index contributed by atoms with van der Waals surface area (Å²) in [5.41, 5.74) is 4.72. The third-order valence-corrected chi connectivity index (χ3v) is 9.55. The summed E-state index contributed by atoms with van der Waals surface area (Å²) in [6.07, 6.45) is -5.36. The molecular weight excluding hydrogens is 638 g/mol. The van der Waals surface area contributed by atoms with E-state index < -0.39 is 89.4 Å². The van der Waals surface area contributed by atoms with E-state index in [4.69, 9.17) is 15.2 Å². The number of quaternary nitrogens is 1. The minimum absolute atomic E-state index is 0.00317. The Bertz CT molecular complexity index is 1610. The molecular formula is C21H28N6O15P2. The molecule has 0 radical (unpaired) electrons. The maximum Gasteiger partial charge on any atom is 0.478 e. The number of carbonyl (C=O) groups excluding carboxylic acids is 1. The van der Waals surface area contributed by atoms with E-state index in [-0.39, 0.29) is 23.3 Å². The monoisotopic (exact) mass is 666 g/mol. The molecule has 3 aliphatic heterocycles. The van der Waals surface area contributed by atoms with Gasteiger partial charge < -0.3 is 54.9 Å². The summed E-state index contributed by atoms with van der Waals surface area (Å²) in [4.78, 5) is 56.1. The van der Waals surface area contributed by atoms with Crippen molar-refractivity contribution < 1.29 is 71.9 Å². The fourth-order valence-electron chi connectivity index (χ4n) is 4.83. The number of carbonyl (C=O) groups is 1. The van der Waals surface area contributed by atoms with Crippen molar-refractivity contribution in [2.24, 2.45) is 5.73 Å². The molecule has 1 amide bonds. The highest BCUT2D eigenvalue weighted by Crippen LogP contribution is 2.58. The molecule has 2 aromatic rings. The van der Waals surface area contributed by atoms with Crippen LogP contribution in [0, 0.1) is 0 Å². The number of imidazole rings is 1. The van der Waals surface area contributed by atoms with Crippen LogP contribution in [-0.2, 0) is 36.8 Å². The molecule has 0 spiro atoms. The van der Waals surface area contributed by atoms with E-state index in [1.807, 2.05) is 0 Å². The zero-order valence-corrected chi connectivity index (χ0v) is 24.0. The summed E-state index contributed by atoms with van der Waals surface area (Å²) < 4.78 is 50.2. The quantitative estimate of drug-likeness (QED) is 0.104. The molecule has 5 heterocycles. The summed E-state index contributed by atoms with van der Waals surface area (Å²) in [7, 11) is -11.1. The van der Waals surface area contributed by atoms with E-state index in [9.17, 15) is 48.9 Å². The molecule has 21 nitrogen and oxygen atoms in total. The topological polar surface area (TPSA) is 316 Å². The van der Waals surface area contributed by atoms with Crippen LogP contribution < -0.4 is 21.1 Å². The molecule has 242 valence electrons. The van der Waals surface area contributed by atoms with Crippen molar-refractivity contribution in [3.63, 3.8) is 0 Å². The zero-order chi connectivity index (χ0) is 32.0. The van der Waals surface area contributed by atoms with Crippen LogP contribution in [0.25, 0.3) is 11.2 Å². The van der Waals surface area contributed by atoms with Gasteiger partial charge in [-0.15, -0.1) is 0 Å². The van der Waals surface area contributed by atoms with Gasteiger partial charge in [0, 0.05) is 0 Å². The highest BCUT2D eigenvalue weighted by atomic mass is 31.3. The lowest BCUT2D eigenvalue weighted by Gasteiger charge is -2.27. The van der Waals surface area contributed by atoms with Gasteiger partial charge in [-0.05, 0) is 12.2 Å². The number of hydrogen-bond acceptors (Lipinski definition) is 16. The smallest absolute Gasteiger partial charge is 0.478 e. The lowest BCUT2D eigenvalue weighted by Crippen LogP contribution is -3.13. The minimum atomic E-state index is -5.62. The average molecular weight is 666 g/mol. The van der Waals surface area contributed by atoms with Gasteiger partial charge in [0.2, 0.25) is 6.23 Å². The number of phosphoric acid groups is 2. The molecule has 5 rings (SSSR count). The molecule has 23 heteroatoms. The third kappa shape index (κ3) is 6.76. The Labute approximate surface area is 245 Å². The Hall–Kier alpha value is -2.72. The fraction of sp³-hybridized carbons (Fsp3) is 0.524. The summed E-state index contributed by atoms with van der Waals surface area (Å²) in [6, 6.07) is 0. The van der Waals surface area contributed by atoms with Crippen LogP contribution in [0.5, 0.6) is 0 Å². The average Bonchev–Trinajstić information content (AvgIpc) is 3.61. The number of hydrogen-bond donors (Lipinski definition) is 8. The van der Waals surface area contributed by atoms with Crippen molar-refractivity contribution in [1.82, 2.24) is 19.5 Å². The Balaban J connectivity index is 1.15. The van der Waals surface area contributed by atoms with Gasteiger partial charge in [-0.2, -0.15) is 0 Å². The van der Waals surface area contributed by atoms with Crippen LogP contribution in [0.2, 0.25) is 0 Å². The Kier molecular flexibility index (Phi) is 9.34. The second kappa shape index (κ2) is 12.6. The molecule has 2 fully saturated rings. The molecule has 2 saturated heterocycles. The maximum atomic E-state index is 12.4. The van der Waals surface area contributed by atoms with Crippen LogP contribution in [0.15, 0.2) is 41.4 Å². The number of amides is 1. The number of phosphoric ester groups is 2. The Morgan fingerprint density at radius 1 is 1.11 bits per heavy atom.